The van der Waals surface area contributed by atoms with Gasteiger partial charge in [0, 0.05) is 12.4 Å². The van der Waals surface area contributed by atoms with Crippen molar-refractivity contribution in [2.45, 2.75) is 0 Å². The Hall–Kier alpha value is -3.16. The average molecular weight is 284 g/mol. The highest BCUT2D eigenvalue weighted by Gasteiger charge is 2.14. The van der Waals surface area contributed by atoms with Crippen molar-refractivity contribution in [1.29, 1.82) is 0 Å². The van der Waals surface area contributed by atoms with Crippen molar-refractivity contribution >= 4 is 16.7 Å². The Morgan fingerprint density at radius 2 is 2.19 bits per heavy atom. The van der Waals surface area contributed by atoms with Crippen molar-refractivity contribution in [2.75, 3.05) is 0 Å². The molecule has 3 aromatic rings. The molecule has 0 aliphatic rings. The van der Waals surface area contributed by atoms with E-state index in [0.29, 0.717) is 5.56 Å². The van der Waals surface area contributed by atoms with Gasteiger partial charge in [0.05, 0.1) is 11.1 Å². The molecule has 0 amide bonds. The molecular weight excluding hydrogens is 272 g/mol. The Labute approximate surface area is 119 Å². The quantitative estimate of drug-likeness (QED) is 0.324. The van der Waals surface area contributed by atoms with E-state index < -0.39 is 0 Å². The van der Waals surface area contributed by atoms with Gasteiger partial charge in [-0.3, -0.25) is 4.68 Å². The molecule has 106 valence electrons. The number of benzene rings is 1. The van der Waals surface area contributed by atoms with E-state index in [0.717, 1.165) is 10.9 Å². The van der Waals surface area contributed by atoms with Crippen LogP contribution < -0.4 is 10.5 Å². The van der Waals surface area contributed by atoms with E-state index in [9.17, 15) is 0 Å². The largest absolute Gasteiger partial charge is 0.409 e. The topological polar surface area (TPSA) is 111 Å². The van der Waals surface area contributed by atoms with Crippen molar-refractivity contribution in [3.63, 3.8) is 0 Å². The van der Waals surface area contributed by atoms with E-state index in [1.807, 2.05) is 24.3 Å². The number of nitrogens with zero attached hydrogens (tertiary/aromatic N) is 5. The monoisotopic (exact) mass is 284 g/mol. The minimum absolute atomic E-state index is 0.0980. The smallest absolute Gasteiger partial charge is 0.342 e. The second kappa shape index (κ2) is 5.08. The summed E-state index contributed by atoms with van der Waals surface area (Å²) in [4.78, 5) is 8.33. The predicted molar refractivity (Wildman–Crippen MR) is 75.3 cm³/mol. The molecule has 0 bridgehead atoms. The van der Waals surface area contributed by atoms with Crippen molar-refractivity contribution in [2.24, 2.45) is 17.9 Å². The second-order valence-electron chi connectivity index (χ2n) is 4.32. The van der Waals surface area contributed by atoms with E-state index in [-0.39, 0.29) is 17.7 Å². The molecule has 3 N–H and O–H groups in total. The van der Waals surface area contributed by atoms with E-state index in [1.165, 1.54) is 11.0 Å². The van der Waals surface area contributed by atoms with Crippen LogP contribution in [0.1, 0.15) is 5.56 Å². The lowest BCUT2D eigenvalue weighted by atomic mass is 10.1. The van der Waals surface area contributed by atoms with E-state index >= 15 is 0 Å². The summed E-state index contributed by atoms with van der Waals surface area (Å²) in [6, 6.07) is 9.31. The van der Waals surface area contributed by atoms with Crippen molar-refractivity contribution < 1.29 is 9.94 Å². The van der Waals surface area contributed by atoms with Gasteiger partial charge in [-0.1, -0.05) is 23.4 Å². The van der Waals surface area contributed by atoms with Gasteiger partial charge in [-0.2, -0.15) is 4.98 Å². The van der Waals surface area contributed by atoms with Gasteiger partial charge >= 0.3 is 6.01 Å². The van der Waals surface area contributed by atoms with Gasteiger partial charge in [0.15, 0.2) is 5.84 Å². The van der Waals surface area contributed by atoms with E-state index in [1.54, 1.807) is 13.1 Å². The molecule has 0 unspecified atom stereocenters. The number of para-hydroxylation sites is 1. The number of oxime groups is 1. The molecule has 2 heterocycles. The molecule has 2 aromatic heterocycles. The highest BCUT2D eigenvalue weighted by molar-refractivity contribution is 6.02. The third-order valence-electron chi connectivity index (χ3n) is 2.84. The first kappa shape index (κ1) is 12.9. The number of aromatic nitrogens is 4. The molecule has 3 rings (SSSR count). The molecule has 21 heavy (non-hydrogen) atoms. The molecule has 8 nitrogen and oxygen atoms in total. The molecule has 0 radical (unpaired) electrons. The Morgan fingerprint density at radius 3 is 2.90 bits per heavy atom. The van der Waals surface area contributed by atoms with Gasteiger partial charge in [0.2, 0.25) is 5.88 Å². The highest BCUT2D eigenvalue weighted by Crippen LogP contribution is 2.25. The van der Waals surface area contributed by atoms with Gasteiger partial charge in [0.25, 0.3) is 0 Å². The Bertz CT molecular complexity index is 826. The van der Waals surface area contributed by atoms with Crippen LogP contribution in [0, 0.1) is 0 Å². The van der Waals surface area contributed by atoms with E-state index in [2.05, 4.69) is 20.2 Å². The molecule has 0 aliphatic carbocycles. The molecule has 0 saturated heterocycles. The molecular formula is C13H12N6O2. The average Bonchev–Trinajstić information content (AvgIpc) is 2.91. The lowest BCUT2D eigenvalue weighted by molar-refractivity contribution is 0.318. The molecule has 1 aromatic carbocycles. The summed E-state index contributed by atoms with van der Waals surface area (Å²) in [6.45, 7) is 0. The minimum atomic E-state index is -0.0980. The summed E-state index contributed by atoms with van der Waals surface area (Å²) in [6.07, 6.45) is 1.50. The summed E-state index contributed by atoms with van der Waals surface area (Å²) >= 11 is 0. The van der Waals surface area contributed by atoms with Crippen LogP contribution in [0.5, 0.6) is 11.9 Å². The number of hydrogen-bond acceptors (Lipinski definition) is 6. The third kappa shape index (κ3) is 2.46. The van der Waals surface area contributed by atoms with Crippen LogP contribution in [0.2, 0.25) is 0 Å². The van der Waals surface area contributed by atoms with Crippen molar-refractivity contribution in [3.8, 4) is 11.9 Å². The van der Waals surface area contributed by atoms with Crippen molar-refractivity contribution in [3.05, 3.63) is 42.2 Å². The van der Waals surface area contributed by atoms with Crippen LogP contribution in [-0.4, -0.2) is 30.8 Å². The molecule has 0 spiro atoms. The molecule has 0 atom stereocenters. The number of aryl methyl sites for hydroxylation is 1. The molecule has 0 aliphatic heterocycles. The fraction of sp³-hybridized carbons (Fsp3) is 0.0769. The van der Waals surface area contributed by atoms with Crippen molar-refractivity contribution in [1.82, 2.24) is 19.7 Å². The van der Waals surface area contributed by atoms with Crippen LogP contribution in [0.15, 0.2) is 41.8 Å². The first-order valence-electron chi connectivity index (χ1n) is 6.08. The number of nitrogens with two attached hydrogens (primary N) is 1. The maximum atomic E-state index is 8.90. The Balaban J connectivity index is 2.13. The first-order valence-corrected chi connectivity index (χ1v) is 6.08. The van der Waals surface area contributed by atoms with Crippen LogP contribution in [0.4, 0.5) is 0 Å². The number of rotatable bonds is 3. The maximum Gasteiger partial charge on any atom is 0.342 e. The zero-order valence-electron chi connectivity index (χ0n) is 11.1. The first-order chi connectivity index (χ1) is 10.2. The fourth-order valence-corrected chi connectivity index (χ4v) is 1.87. The van der Waals surface area contributed by atoms with Crippen LogP contribution in [0.3, 0.4) is 0 Å². The second-order valence-corrected chi connectivity index (χ2v) is 4.32. The fourth-order valence-electron chi connectivity index (χ4n) is 1.87. The number of amidine groups is 1. The normalized spacial score (nSPS) is 11.8. The van der Waals surface area contributed by atoms with Gasteiger partial charge in [-0.25, -0.2) is 4.98 Å². The Kier molecular flexibility index (Phi) is 3.11. The summed E-state index contributed by atoms with van der Waals surface area (Å²) in [5.41, 5.74) is 6.76. The minimum Gasteiger partial charge on any atom is -0.409 e. The summed E-state index contributed by atoms with van der Waals surface area (Å²) < 4.78 is 7.03. The van der Waals surface area contributed by atoms with Crippen LogP contribution >= 0.6 is 0 Å². The lowest BCUT2D eigenvalue weighted by Gasteiger charge is -2.08. The zero-order chi connectivity index (χ0) is 14.8. The predicted octanol–water partition coefficient (Wildman–Crippen LogP) is 1.25. The number of hydrogen-bond donors (Lipinski definition) is 2. The molecule has 0 saturated carbocycles. The van der Waals surface area contributed by atoms with Gasteiger partial charge in [-0.15, -0.1) is 5.10 Å². The maximum absolute atomic E-state index is 8.90. The zero-order valence-corrected chi connectivity index (χ0v) is 11.1. The highest BCUT2D eigenvalue weighted by atomic mass is 16.5. The van der Waals surface area contributed by atoms with Crippen LogP contribution in [-0.2, 0) is 7.05 Å². The van der Waals surface area contributed by atoms with Gasteiger partial charge in [-0.05, 0) is 12.1 Å². The lowest BCUT2D eigenvalue weighted by Crippen LogP contribution is -2.15. The Morgan fingerprint density at radius 1 is 1.38 bits per heavy atom. The van der Waals surface area contributed by atoms with E-state index in [4.69, 9.17) is 15.7 Å². The van der Waals surface area contributed by atoms with Gasteiger partial charge in [0.1, 0.15) is 6.33 Å². The number of ether oxygens (including phenoxy) is 1. The van der Waals surface area contributed by atoms with Crippen LogP contribution in [0.25, 0.3) is 10.9 Å². The number of pyridine rings is 1. The molecule has 8 heteroatoms. The summed E-state index contributed by atoms with van der Waals surface area (Å²) in [7, 11) is 1.72. The number of fused-ring (bicyclic) bond motifs is 1. The third-order valence-corrected chi connectivity index (χ3v) is 2.84. The van der Waals surface area contributed by atoms with Gasteiger partial charge < -0.3 is 15.7 Å². The standard InChI is InChI=1S/C13H12N6O2/c1-19-7-15-13(17-19)21-12-9(11(14)18-20)6-8-4-2-3-5-10(8)16-12/h2-7,20H,1H3,(H2,14,18). The summed E-state index contributed by atoms with van der Waals surface area (Å²) in [5, 5.41) is 16.8. The molecule has 0 fully saturated rings. The SMILES string of the molecule is Cn1cnc(Oc2nc3ccccc3cc2/C(N)=N/O)n1. The summed E-state index contributed by atoms with van der Waals surface area (Å²) in [5.74, 6) is 0.0781.